The van der Waals surface area contributed by atoms with Crippen molar-refractivity contribution < 1.29 is 23.5 Å². The van der Waals surface area contributed by atoms with Gasteiger partial charge in [-0.1, -0.05) is 23.7 Å². The minimum atomic E-state index is -0.875. The van der Waals surface area contributed by atoms with Crippen molar-refractivity contribution in [2.24, 2.45) is 0 Å². The fourth-order valence-corrected chi connectivity index (χ4v) is 3.57. The second-order valence-electron chi connectivity index (χ2n) is 6.96. The third-order valence-corrected chi connectivity index (χ3v) is 5.21. The highest BCUT2D eigenvalue weighted by atomic mass is 35.5. The van der Waals surface area contributed by atoms with Crippen LogP contribution in [-0.2, 0) is 16.1 Å². The summed E-state index contributed by atoms with van der Waals surface area (Å²) in [7, 11) is 1.44. The number of nitrogens with one attached hydrogen (secondary N) is 1. The second kappa shape index (κ2) is 8.68. The van der Waals surface area contributed by atoms with Crippen LogP contribution in [0.4, 0.5) is 14.9 Å². The summed E-state index contributed by atoms with van der Waals surface area (Å²) in [5.41, 5.74) is 1.38. The van der Waals surface area contributed by atoms with Gasteiger partial charge >= 0.3 is 6.03 Å². The second-order valence-corrected chi connectivity index (χ2v) is 7.37. The molecule has 2 aromatic carbocycles. The van der Waals surface area contributed by atoms with Gasteiger partial charge in [0.1, 0.15) is 17.1 Å². The fraction of sp³-hybridized carbons (Fsp3) is 0.0870. The Morgan fingerprint density at radius 3 is 2.53 bits per heavy atom. The number of benzene rings is 2. The average molecular weight is 454 g/mol. The van der Waals surface area contributed by atoms with Crippen LogP contribution in [0.3, 0.4) is 0 Å². The monoisotopic (exact) mass is 453 g/mol. The molecule has 1 aliphatic heterocycles. The van der Waals surface area contributed by atoms with Gasteiger partial charge in [0.05, 0.1) is 17.8 Å². The Morgan fingerprint density at radius 1 is 1.09 bits per heavy atom. The number of hydrogen-bond acceptors (Lipinski definition) is 4. The van der Waals surface area contributed by atoms with E-state index >= 15 is 0 Å². The average Bonchev–Trinajstić information content (AvgIpc) is 3.19. The number of methoxy groups -OCH3 is 1. The van der Waals surface area contributed by atoms with E-state index in [1.54, 1.807) is 35.0 Å². The van der Waals surface area contributed by atoms with Gasteiger partial charge in [-0.3, -0.25) is 14.9 Å². The SMILES string of the molecule is COc1ccc(N2C(=O)NC(=O)/C(=C/c3cccn3Cc3ccc(F)cc3)C2=O)cc1Cl. The zero-order chi connectivity index (χ0) is 22.8. The van der Waals surface area contributed by atoms with Crippen molar-refractivity contribution in [2.75, 3.05) is 12.0 Å². The Balaban J connectivity index is 1.66. The lowest BCUT2D eigenvalue weighted by Crippen LogP contribution is -2.54. The van der Waals surface area contributed by atoms with E-state index in [4.69, 9.17) is 16.3 Å². The Bertz CT molecular complexity index is 1250. The van der Waals surface area contributed by atoms with Crippen molar-refractivity contribution in [3.8, 4) is 5.75 Å². The minimum Gasteiger partial charge on any atom is -0.495 e. The Hall–Kier alpha value is -3.91. The molecule has 1 aliphatic rings. The highest BCUT2D eigenvalue weighted by Gasteiger charge is 2.37. The molecule has 0 unspecified atom stereocenters. The Morgan fingerprint density at radius 2 is 1.84 bits per heavy atom. The van der Waals surface area contributed by atoms with E-state index in [2.05, 4.69) is 5.32 Å². The van der Waals surface area contributed by atoms with Gasteiger partial charge in [0, 0.05) is 18.4 Å². The standard InChI is InChI=1S/C23H17ClFN3O4/c1-32-20-9-8-17(12-19(20)24)28-22(30)18(21(29)26-23(28)31)11-16-3-2-10-27(16)13-14-4-6-15(25)7-5-14/h2-12H,13H2,1H3,(H,26,29,31)/b18-11-. The molecule has 162 valence electrons. The van der Waals surface area contributed by atoms with Crippen LogP contribution < -0.4 is 15.0 Å². The molecule has 3 aromatic rings. The maximum absolute atomic E-state index is 13.2. The zero-order valence-corrected chi connectivity index (χ0v) is 17.6. The summed E-state index contributed by atoms with van der Waals surface area (Å²) in [4.78, 5) is 38.8. The number of nitrogens with zero attached hydrogens (tertiary/aromatic N) is 2. The van der Waals surface area contributed by atoms with E-state index in [0.29, 0.717) is 18.0 Å². The van der Waals surface area contributed by atoms with Crippen molar-refractivity contribution >= 4 is 41.2 Å². The van der Waals surface area contributed by atoms with Gasteiger partial charge in [-0.15, -0.1) is 0 Å². The number of anilines is 1. The number of urea groups is 1. The normalized spacial score (nSPS) is 15.3. The molecule has 0 bridgehead atoms. The first-order valence-corrected chi connectivity index (χ1v) is 9.90. The van der Waals surface area contributed by atoms with E-state index in [-0.39, 0.29) is 22.1 Å². The molecule has 1 N–H and O–H groups in total. The van der Waals surface area contributed by atoms with Crippen molar-refractivity contribution in [1.29, 1.82) is 0 Å². The topological polar surface area (TPSA) is 80.6 Å². The van der Waals surface area contributed by atoms with Crippen molar-refractivity contribution in [3.63, 3.8) is 0 Å². The van der Waals surface area contributed by atoms with Gasteiger partial charge in [0.2, 0.25) is 0 Å². The van der Waals surface area contributed by atoms with Gasteiger partial charge in [-0.2, -0.15) is 0 Å². The summed E-state index contributed by atoms with van der Waals surface area (Å²) >= 11 is 6.13. The highest BCUT2D eigenvalue weighted by molar-refractivity contribution is 6.39. The lowest BCUT2D eigenvalue weighted by Gasteiger charge is -2.26. The number of aromatic nitrogens is 1. The maximum atomic E-state index is 13.2. The smallest absolute Gasteiger partial charge is 0.335 e. The molecule has 1 saturated heterocycles. The molecule has 0 atom stereocenters. The molecule has 4 rings (SSSR count). The molecule has 2 heterocycles. The van der Waals surface area contributed by atoms with Gasteiger partial charge < -0.3 is 9.30 Å². The number of halogens is 2. The highest BCUT2D eigenvalue weighted by Crippen LogP contribution is 2.31. The van der Waals surface area contributed by atoms with Crippen LogP contribution in [-0.4, -0.2) is 29.5 Å². The summed E-state index contributed by atoms with van der Waals surface area (Å²) in [6, 6.07) is 13.0. The molecule has 0 saturated carbocycles. The summed E-state index contributed by atoms with van der Waals surface area (Å²) in [6.45, 7) is 0.402. The van der Waals surface area contributed by atoms with Crippen molar-refractivity contribution in [2.45, 2.75) is 6.54 Å². The van der Waals surface area contributed by atoms with E-state index in [9.17, 15) is 18.8 Å². The lowest BCUT2D eigenvalue weighted by atomic mass is 10.1. The molecule has 9 heteroatoms. The number of hydrogen-bond donors (Lipinski definition) is 1. The minimum absolute atomic E-state index is 0.193. The predicted molar refractivity (Wildman–Crippen MR) is 117 cm³/mol. The number of carbonyl (C=O) groups is 3. The van der Waals surface area contributed by atoms with Crippen LogP contribution in [0.25, 0.3) is 6.08 Å². The van der Waals surface area contributed by atoms with Crippen LogP contribution in [0.2, 0.25) is 5.02 Å². The first-order chi connectivity index (χ1) is 15.4. The largest absolute Gasteiger partial charge is 0.495 e. The first-order valence-electron chi connectivity index (χ1n) is 9.52. The molecule has 7 nitrogen and oxygen atoms in total. The molecular weight excluding hydrogens is 437 g/mol. The Kier molecular flexibility index (Phi) is 5.79. The number of carbonyl (C=O) groups excluding carboxylic acids is 3. The number of barbiturate groups is 1. The number of imide groups is 2. The van der Waals surface area contributed by atoms with Gasteiger partial charge in [-0.25, -0.2) is 14.1 Å². The summed E-state index contributed by atoms with van der Waals surface area (Å²) < 4.78 is 20.1. The van der Waals surface area contributed by atoms with Gasteiger partial charge in [-0.05, 0) is 54.1 Å². The quantitative estimate of drug-likeness (QED) is 0.467. The number of rotatable bonds is 5. The molecule has 4 amide bonds. The lowest BCUT2D eigenvalue weighted by molar-refractivity contribution is -0.122. The van der Waals surface area contributed by atoms with E-state index in [1.807, 2.05) is 0 Å². The fourth-order valence-electron chi connectivity index (χ4n) is 3.32. The van der Waals surface area contributed by atoms with Crippen LogP contribution in [0.5, 0.6) is 5.75 Å². The van der Waals surface area contributed by atoms with Gasteiger partial charge in [0.15, 0.2) is 0 Å². The van der Waals surface area contributed by atoms with Crippen molar-refractivity contribution in [3.05, 3.63) is 88.5 Å². The van der Waals surface area contributed by atoms with Gasteiger partial charge in [0.25, 0.3) is 11.8 Å². The van der Waals surface area contributed by atoms with Crippen LogP contribution >= 0.6 is 11.6 Å². The van der Waals surface area contributed by atoms with Crippen molar-refractivity contribution in [1.82, 2.24) is 9.88 Å². The van der Waals surface area contributed by atoms with Crippen LogP contribution in [0.15, 0.2) is 66.4 Å². The molecule has 0 spiro atoms. The summed E-state index contributed by atoms with van der Waals surface area (Å²) in [5.74, 6) is -1.54. The third kappa shape index (κ3) is 4.13. The van der Waals surface area contributed by atoms with E-state index in [1.165, 1.54) is 43.5 Å². The number of ether oxygens (including phenoxy) is 1. The zero-order valence-electron chi connectivity index (χ0n) is 16.8. The molecule has 0 aliphatic carbocycles. The number of amides is 4. The first kappa shape index (κ1) is 21.3. The van der Waals surface area contributed by atoms with E-state index < -0.39 is 17.8 Å². The molecule has 1 fully saturated rings. The molecule has 1 aromatic heterocycles. The summed E-state index contributed by atoms with van der Waals surface area (Å²) in [5, 5.41) is 2.39. The molecular formula is C23H17ClFN3O4. The molecule has 0 radical (unpaired) electrons. The maximum Gasteiger partial charge on any atom is 0.335 e. The van der Waals surface area contributed by atoms with Crippen LogP contribution in [0, 0.1) is 5.82 Å². The Labute approximate surface area is 187 Å². The summed E-state index contributed by atoms with van der Waals surface area (Å²) in [6.07, 6.45) is 3.18. The predicted octanol–water partition coefficient (Wildman–Crippen LogP) is 4.00. The van der Waals surface area contributed by atoms with Crippen LogP contribution in [0.1, 0.15) is 11.3 Å². The molecule has 32 heavy (non-hydrogen) atoms. The van der Waals surface area contributed by atoms with E-state index in [0.717, 1.165) is 10.5 Å². The third-order valence-electron chi connectivity index (χ3n) is 4.92.